The summed E-state index contributed by atoms with van der Waals surface area (Å²) < 4.78 is 1.23. The van der Waals surface area contributed by atoms with Gasteiger partial charge in [0, 0.05) is 10.6 Å². The van der Waals surface area contributed by atoms with Gasteiger partial charge in [-0.2, -0.15) is 0 Å². The molecule has 0 radical (unpaired) electrons. The van der Waals surface area contributed by atoms with Gasteiger partial charge in [0.25, 0.3) is 5.56 Å². The number of rotatable bonds is 2. The molecule has 1 aliphatic carbocycles. The van der Waals surface area contributed by atoms with Gasteiger partial charge in [-0.25, -0.2) is 4.68 Å². The van der Waals surface area contributed by atoms with Gasteiger partial charge >= 0.3 is 0 Å². The van der Waals surface area contributed by atoms with Gasteiger partial charge in [-0.05, 0) is 41.5 Å². The van der Waals surface area contributed by atoms with Crippen molar-refractivity contribution < 1.29 is 9.90 Å². The Labute approximate surface area is 153 Å². The summed E-state index contributed by atoms with van der Waals surface area (Å²) in [6, 6.07) is 14.1. The van der Waals surface area contributed by atoms with E-state index in [0.29, 0.717) is 21.8 Å². The smallest absolute Gasteiger partial charge is 0.275 e. The maximum atomic E-state index is 12.4. The van der Waals surface area contributed by atoms with Crippen LogP contribution in [-0.2, 0) is 4.79 Å². The van der Waals surface area contributed by atoms with Crippen molar-refractivity contribution in [3.8, 4) is 11.6 Å². The highest BCUT2D eigenvalue weighted by Crippen LogP contribution is 2.30. The number of hydrogen-bond donors (Lipinski definition) is 2. The molecule has 5 nitrogen and oxygen atoms in total. The van der Waals surface area contributed by atoms with Crippen LogP contribution < -0.4 is 5.56 Å². The Bertz CT molecular complexity index is 1150. The normalized spacial score (nSPS) is 14.7. The molecule has 0 bridgehead atoms. The van der Waals surface area contributed by atoms with Crippen molar-refractivity contribution in [3.63, 3.8) is 0 Å². The molecule has 4 rings (SSSR count). The molecule has 0 spiro atoms. The molecule has 1 aliphatic rings. The van der Waals surface area contributed by atoms with Crippen LogP contribution in [0.2, 0.25) is 5.02 Å². The number of nitrogens with zero attached hydrogens (tertiary/aromatic N) is 1. The molecule has 26 heavy (non-hydrogen) atoms. The molecule has 2 aromatic carbocycles. The third kappa shape index (κ3) is 2.68. The second-order valence-corrected chi connectivity index (χ2v) is 6.27. The zero-order chi connectivity index (χ0) is 18.3. The topological polar surface area (TPSA) is 75.1 Å². The summed E-state index contributed by atoms with van der Waals surface area (Å²) in [4.78, 5) is 24.7. The molecule has 0 aliphatic heterocycles. The Morgan fingerprint density at radius 3 is 2.65 bits per heavy atom. The molecule has 0 unspecified atom stereocenters. The molecule has 0 atom stereocenters. The van der Waals surface area contributed by atoms with Crippen LogP contribution in [-0.4, -0.2) is 20.7 Å². The first-order chi connectivity index (χ1) is 12.5. The van der Waals surface area contributed by atoms with E-state index in [4.69, 9.17) is 11.6 Å². The number of allylic oxidation sites excluding steroid dienone is 2. The summed E-state index contributed by atoms with van der Waals surface area (Å²) in [6.45, 7) is 0. The lowest BCUT2D eigenvalue weighted by atomic mass is 9.90. The molecular formula is C20H13ClN2O3. The van der Waals surface area contributed by atoms with Crippen molar-refractivity contribution in [2.45, 2.75) is 0 Å². The Morgan fingerprint density at radius 2 is 1.85 bits per heavy atom. The summed E-state index contributed by atoms with van der Waals surface area (Å²) >= 11 is 5.97. The average Bonchev–Trinajstić information content (AvgIpc) is 2.92. The van der Waals surface area contributed by atoms with Crippen molar-refractivity contribution in [1.29, 1.82) is 0 Å². The average molecular weight is 365 g/mol. The van der Waals surface area contributed by atoms with Crippen LogP contribution >= 0.6 is 11.6 Å². The number of hydrogen-bond acceptors (Lipinski definition) is 3. The Balaban J connectivity index is 1.88. The number of carbonyl (C=O) groups excluding carboxylic acids is 1. The van der Waals surface area contributed by atoms with E-state index in [9.17, 15) is 14.7 Å². The van der Waals surface area contributed by atoms with Gasteiger partial charge < -0.3 is 5.11 Å². The first-order valence-corrected chi connectivity index (χ1v) is 8.26. The van der Waals surface area contributed by atoms with E-state index >= 15 is 0 Å². The van der Waals surface area contributed by atoms with E-state index in [2.05, 4.69) is 5.10 Å². The Morgan fingerprint density at radius 1 is 1.04 bits per heavy atom. The Hall–Kier alpha value is -3.31. The zero-order valence-corrected chi connectivity index (χ0v) is 14.2. The van der Waals surface area contributed by atoms with Crippen LogP contribution in [0, 0.1) is 0 Å². The monoisotopic (exact) mass is 364 g/mol. The van der Waals surface area contributed by atoms with Gasteiger partial charge in [0.05, 0.1) is 5.69 Å². The van der Waals surface area contributed by atoms with E-state index in [1.165, 1.54) is 16.8 Å². The predicted molar refractivity (Wildman–Crippen MR) is 101 cm³/mol. The van der Waals surface area contributed by atoms with Gasteiger partial charge in [0.15, 0.2) is 5.78 Å². The lowest BCUT2D eigenvalue weighted by molar-refractivity contribution is -0.109. The van der Waals surface area contributed by atoms with Crippen LogP contribution in [0.3, 0.4) is 0 Å². The Kier molecular flexibility index (Phi) is 3.86. The largest absolute Gasteiger partial charge is 0.493 e. The number of ketones is 1. The van der Waals surface area contributed by atoms with Gasteiger partial charge in [0.2, 0.25) is 5.88 Å². The molecule has 0 amide bonds. The van der Waals surface area contributed by atoms with Crippen LogP contribution in [0.4, 0.5) is 0 Å². The number of carbonyl (C=O) groups is 1. The van der Waals surface area contributed by atoms with Crippen LogP contribution in [0.15, 0.2) is 59.4 Å². The number of halogens is 1. The van der Waals surface area contributed by atoms with Crippen molar-refractivity contribution in [1.82, 2.24) is 9.78 Å². The third-order valence-corrected chi connectivity index (χ3v) is 4.43. The fraction of sp³-hybridized carbons (Fsp3) is 0. The maximum Gasteiger partial charge on any atom is 0.275 e. The molecule has 0 saturated heterocycles. The van der Waals surface area contributed by atoms with E-state index < -0.39 is 5.56 Å². The standard InChI is InChI=1S/C20H13ClN2O3/c21-13-5-3-6-14(10-13)23-20(26)17(19(25)22-23)11-16-15-7-2-1-4-12(15)8-9-18(16)24/h1-11,26H,(H,22,25). The fourth-order valence-corrected chi connectivity index (χ4v) is 3.12. The van der Waals surface area contributed by atoms with Crippen molar-refractivity contribution in [2.24, 2.45) is 0 Å². The lowest BCUT2D eigenvalue weighted by Crippen LogP contribution is -2.08. The molecule has 1 heterocycles. The second-order valence-electron chi connectivity index (χ2n) is 5.84. The minimum atomic E-state index is -0.505. The number of aromatic nitrogens is 2. The number of H-pyrrole nitrogens is 1. The quantitative estimate of drug-likeness (QED) is 0.681. The van der Waals surface area contributed by atoms with Gasteiger partial charge in [-0.3, -0.25) is 14.7 Å². The molecule has 0 fully saturated rings. The predicted octanol–water partition coefficient (Wildman–Crippen LogP) is 3.66. The molecule has 1 aromatic heterocycles. The second kappa shape index (κ2) is 6.20. The summed E-state index contributed by atoms with van der Waals surface area (Å²) in [5.74, 6) is -0.511. The first-order valence-electron chi connectivity index (χ1n) is 7.88. The van der Waals surface area contributed by atoms with E-state index in [0.717, 1.165) is 5.56 Å². The maximum absolute atomic E-state index is 12.4. The summed E-state index contributed by atoms with van der Waals surface area (Å²) in [6.07, 6.45) is 4.60. The molecule has 3 aromatic rings. The lowest BCUT2D eigenvalue weighted by Gasteiger charge is -2.12. The van der Waals surface area contributed by atoms with Crippen LogP contribution in [0.5, 0.6) is 5.88 Å². The number of benzene rings is 2. The zero-order valence-electron chi connectivity index (χ0n) is 13.4. The van der Waals surface area contributed by atoms with Crippen molar-refractivity contribution in [2.75, 3.05) is 0 Å². The van der Waals surface area contributed by atoms with Crippen molar-refractivity contribution in [3.05, 3.63) is 86.7 Å². The first kappa shape index (κ1) is 16.2. The van der Waals surface area contributed by atoms with E-state index in [1.54, 1.807) is 30.3 Å². The van der Waals surface area contributed by atoms with Crippen molar-refractivity contribution >= 4 is 35.1 Å². The number of fused-ring (bicyclic) bond motifs is 1. The highest BCUT2D eigenvalue weighted by atomic mass is 35.5. The van der Waals surface area contributed by atoms with Gasteiger partial charge in [-0.1, -0.05) is 48.0 Å². The number of aromatic amines is 1. The SMILES string of the molecule is O=C1C=Cc2ccccc2C1=Cc1c(O)n(-c2cccc(Cl)c2)[nH]c1=O. The fourth-order valence-electron chi connectivity index (χ4n) is 2.94. The van der Waals surface area contributed by atoms with Crippen LogP contribution in [0.1, 0.15) is 16.7 Å². The third-order valence-electron chi connectivity index (χ3n) is 4.20. The summed E-state index contributed by atoms with van der Waals surface area (Å²) in [5.41, 5.74) is 1.96. The number of aromatic hydroxyl groups is 1. The van der Waals surface area contributed by atoms with Gasteiger partial charge in [-0.15, -0.1) is 0 Å². The van der Waals surface area contributed by atoms with Crippen LogP contribution in [0.25, 0.3) is 23.4 Å². The summed E-state index contributed by atoms with van der Waals surface area (Å²) in [5, 5.41) is 13.6. The molecule has 128 valence electrons. The minimum absolute atomic E-state index is 0.0124. The molecule has 6 heteroatoms. The molecule has 2 N–H and O–H groups in total. The highest BCUT2D eigenvalue weighted by Gasteiger charge is 2.20. The molecule has 0 saturated carbocycles. The summed E-state index contributed by atoms with van der Waals surface area (Å²) in [7, 11) is 0. The number of nitrogens with one attached hydrogen (secondary N) is 1. The van der Waals surface area contributed by atoms with Gasteiger partial charge in [0.1, 0.15) is 5.56 Å². The highest BCUT2D eigenvalue weighted by molar-refractivity contribution is 6.33. The van der Waals surface area contributed by atoms with E-state index in [-0.39, 0.29) is 17.2 Å². The minimum Gasteiger partial charge on any atom is -0.493 e. The van der Waals surface area contributed by atoms with E-state index in [1.807, 2.05) is 24.3 Å². The molecular weight excluding hydrogens is 352 g/mol.